The molecule has 0 amide bonds. The molecule has 2 rings (SSSR count). The normalized spacial score (nSPS) is 19.4. The molecule has 3 N–H and O–H groups in total. The van der Waals surface area contributed by atoms with Gasteiger partial charge >= 0.3 is 0 Å². The summed E-state index contributed by atoms with van der Waals surface area (Å²) in [5.41, 5.74) is 4.19. The molecular formula is C14H25ClN4O. The SMILES string of the molecule is CCC1(C(NN)c2c(Cl)cnn2CCOC)CCCC1. The van der Waals surface area contributed by atoms with Crippen molar-refractivity contribution in [1.82, 2.24) is 15.2 Å². The molecule has 1 aromatic heterocycles. The smallest absolute Gasteiger partial charge is 0.0834 e. The van der Waals surface area contributed by atoms with Crippen molar-refractivity contribution >= 4 is 11.6 Å². The van der Waals surface area contributed by atoms with E-state index < -0.39 is 0 Å². The molecule has 6 heteroatoms. The molecule has 0 saturated heterocycles. The van der Waals surface area contributed by atoms with E-state index in [9.17, 15) is 0 Å². The molecule has 1 unspecified atom stereocenters. The molecule has 20 heavy (non-hydrogen) atoms. The Bertz CT molecular complexity index is 429. The van der Waals surface area contributed by atoms with E-state index in [1.165, 1.54) is 25.7 Å². The van der Waals surface area contributed by atoms with Gasteiger partial charge in [0.05, 0.1) is 36.1 Å². The Kier molecular flexibility index (Phi) is 5.43. The van der Waals surface area contributed by atoms with Crippen LogP contribution in [0.4, 0.5) is 0 Å². The maximum Gasteiger partial charge on any atom is 0.0834 e. The minimum atomic E-state index is 0.0434. The number of nitrogens with one attached hydrogen (secondary N) is 1. The van der Waals surface area contributed by atoms with Crippen molar-refractivity contribution < 1.29 is 4.74 Å². The molecule has 1 heterocycles. The monoisotopic (exact) mass is 300 g/mol. The number of methoxy groups -OCH3 is 1. The van der Waals surface area contributed by atoms with Gasteiger partial charge in [-0.3, -0.25) is 16.0 Å². The molecule has 1 fully saturated rings. The number of hydrogen-bond acceptors (Lipinski definition) is 4. The summed E-state index contributed by atoms with van der Waals surface area (Å²) in [5.74, 6) is 5.89. The summed E-state index contributed by atoms with van der Waals surface area (Å²) in [5, 5.41) is 5.05. The van der Waals surface area contributed by atoms with E-state index in [1.54, 1.807) is 13.3 Å². The van der Waals surface area contributed by atoms with Gasteiger partial charge in [0.2, 0.25) is 0 Å². The summed E-state index contributed by atoms with van der Waals surface area (Å²) >= 11 is 6.38. The maximum absolute atomic E-state index is 6.38. The molecule has 1 saturated carbocycles. The highest BCUT2D eigenvalue weighted by atomic mass is 35.5. The van der Waals surface area contributed by atoms with Gasteiger partial charge in [0, 0.05) is 7.11 Å². The number of rotatable bonds is 7. The fraction of sp³-hybridized carbons (Fsp3) is 0.786. The molecule has 1 aliphatic carbocycles. The van der Waals surface area contributed by atoms with E-state index in [1.807, 2.05) is 4.68 Å². The summed E-state index contributed by atoms with van der Waals surface area (Å²) in [7, 11) is 1.69. The van der Waals surface area contributed by atoms with Gasteiger partial charge in [-0.25, -0.2) is 0 Å². The molecular weight excluding hydrogens is 276 g/mol. The fourth-order valence-electron chi connectivity index (χ4n) is 3.49. The minimum absolute atomic E-state index is 0.0434. The predicted molar refractivity (Wildman–Crippen MR) is 80.4 cm³/mol. The average Bonchev–Trinajstić information content (AvgIpc) is 3.07. The molecule has 0 bridgehead atoms. The Labute approximate surface area is 125 Å². The second-order valence-electron chi connectivity index (χ2n) is 5.62. The molecule has 0 radical (unpaired) electrons. The van der Waals surface area contributed by atoms with Crippen molar-refractivity contribution in [2.75, 3.05) is 13.7 Å². The summed E-state index contributed by atoms with van der Waals surface area (Å²) in [6, 6.07) is 0.0434. The lowest BCUT2D eigenvalue weighted by molar-refractivity contribution is 0.163. The lowest BCUT2D eigenvalue weighted by Crippen LogP contribution is -2.41. The average molecular weight is 301 g/mol. The molecule has 1 aliphatic rings. The van der Waals surface area contributed by atoms with E-state index >= 15 is 0 Å². The summed E-state index contributed by atoms with van der Waals surface area (Å²) in [6.45, 7) is 3.54. The van der Waals surface area contributed by atoms with Gasteiger partial charge in [-0.1, -0.05) is 31.4 Å². The van der Waals surface area contributed by atoms with Crippen molar-refractivity contribution in [2.24, 2.45) is 11.3 Å². The highest BCUT2D eigenvalue weighted by Gasteiger charge is 2.42. The number of nitrogens with two attached hydrogens (primary N) is 1. The summed E-state index contributed by atoms with van der Waals surface area (Å²) in [4.78, 5) is 0. The molecule has 1 aromatic rings. The van der Waals surface area contributed by atoms with Crippen LogP contribution in [0.3, 0.4) is 0 Å². The van der Waals surface area contributed by atoms with Gasteiger partial charge in [-0.2, -0.15) is 5.10 Å². The van der Waals surface area contributed by atoms with Gasteiger partial charge in [-0.15, -0.1) is 0 Å². The van der Waals surface area contributed by atoms with Crippen LogP contribution in [-0.4, -0.2) is 23.5 Å². The number of halogens is 1. The van der Waals surface area contributed by atoms with Crippen LogP contribution in [0.5, 0.6) is 0 Å². The Balaban J connectivity index is 2.33. The largest absolute Gasteiger partial charge is 0.383 e. The second kappa shape index (κ2) is 6.89. The Morgan fingerprint density at radius 2 is 2.25 bits per heavy atom. The van der Waals surface area contributed by atoms with E-state index in [2.05, 4.69) is 17.4 Å². The topological polar surface area (TPSA) is 65.1 Å². The van der Waals surface area contributed by atoms with Gasteiger partial charge in [-0.05, 0) is 24.7 Å². The van der Waals surface area contributed by atoms with Crippen LogP contribution >= 0.6 is 11.6 Å². The molecule has 0 aliphatic heterocycles. The van der Waals surface area contributed by atoms with Crippen LogP contribution in [0.25, 0.3) is 0 Å². The van der Waals surface area contributed by atoms with Crippen LogP contribution in [0, 0.1) is 5.41 Å². The maximum atomic E-state index is 6.38. The Morgan fingerprint density at radius 1 is 1.55 bits per heavy atom. The summed E-state index contributed by atoms with van der Waals surface area (Å²) < 4.78 is 7.07. The third-order valence-electron chi connectivity index (χ3n) is 4.70. The first-order chi connectivity index (χ1) is 9.68. The number of ether oxygens (including phenoxy) is 1. The second-order valence-corrected chi connectivity index (χ2v) is 6.02. The van der Waals surface area contributed by atoms with Gasteiger partial charge in [0.1, 0.15) is 0 Å². The van der Waals surface area contributed by atoms with Crippen LogP contribution in [0.15, 0.2) is 6.20 Å². The number of hydrogen-bond donors (Lipinski definition) is 2. The van der Waals surface area contributed by atoms with Crippen molar-refractivity contribution in [3.8, 4) is 0 Å². The van der Waals surface area contributed by atoms with E-state index in [-0.39, 0.29) is 11.5 Å². The molecule has 0 aromatic carbocycles. The number of aromatic nitrogens is 2. The third-order valence-corrected chi connectivity index (χ3v) is 4.99. The third kappa shape index (κ3) is 2.86. The molecule has 114 valence electrons. The quantitative estimate of drug-likeness (QED) is 0.600. The zero-order valence-corrected chi connectivity index (χ0v) is 13.1. The Hall–Kier alpha value is -0.620. The van der Waals surface area contributed by atoms with Gasteiger partial charge in [0.15, 0.2) is 0 Å². The Morgan fingerprint density at radius 3 is 2.80 bits per heavy atom. The van der Waals surface area contributed by atoms with Crippen molar-refractivity contribution in [2.45, 2.75) is 51.6 Å². The first-order valence-corrected chi connectivity index (χ1v) is 7.72. The molecule has 5 nitrogen and oxygen atoms in total. The highest BCUT2D eigenvalue weighted by Crippen LogP contribution is 2.50. The lowest BCUT2D eigenvalue weighted by atomic mass is 9.75. The predicted octanol–water partition coefficient (Wildman–Crippen LogP) is 2.66. The fourth-order valence-corrected chi connectivity index (χ4v) is 3.74. The van der Waals surface area contributed by atoms with Crippen LogP contribution < -0.4 is 11.3 Å². The van der Waals surface area contributed by atoms with Gasteiger partial charge < -0.3 is 4.74 Å². The van der Waals surface area contributed by atoms with E-state index in [0.29, 0.717) is 18.2 Å². The van der Waals surface area contributed by atoms with Crippen LogP contribution in [0.2, 0.25) is 5.02 Å². The number of hydrazine groups is 1. The van der Waals surface area contributed by atoms with E-state index in [4.69, 9.17) is 22.2 Å². The van der Waals surface area contributed by atoms with Crippen molar-refractivity contribution in [3.63, 3.8) is 0 Å². The lowest BCUT2D eigenvalue weighted by Gasteiger charge is -2.37. The highest BCUT2D eigenvalue weighted by molar-refractivity contribution is 6.31. The van der Waals surface area contributed by atoms with Gasteiger partial charge in [0.25, 0.3) is 0 Å². The van der Waals surface area contributed by atoms with Crippen LogP contribution in [-0.2, 0) is 11.3 Å². The molecule has 1 atom stereocenters. The zero-order valence-electron chi connectivity index (χ0n) is 12.4. The first kappa shape index (κ1) is 15.8. The van der Waals surface area contributed by atoms with Crippen molar-refractivity contribution in [3.05, 3.63) is 16.9 Å². The summed E-state index contributed by atoms with van der Waals surface area (Å²) in [6.07, 6.45) is 7.68. The number of nitrogens with zero attached hydrogens (tertiary/aromatic N) is 2. The standard InChI is InChI=1S/C14H25ClN4O/c1-3-14(6-4-5-7-14)13(18-16)12-11(15)10-17-19(12)8-9-20-2/h10,13,18H,3-9,16H2,1-2H3. The molecule has 0 spiro atoms. The van der Waals surface area contributed by atoms with Crippen molar-refractivity contribution in [1.29, 1.82) is 0 Å². The zero-order chi connectivity index (χ0) is 14.6. The van der Waals surface area contributed by atoms with Crippen LogP contribution in [0.1, 0.15) is 50.8 Å². The first-order valence-electron chi connectivity index (χ1n) is 7.35. The van der Waals surface area contributed by atoms with E-state index in [0.717, 1.165) is 12.1 Å². The minimum Gasteiger partial charge on any atom is -0.383 e.